The Morgan fingerprint density at radius 2 is 2.22 bits per heavy atom. The highest BCUT2D eigenvalue weighted by Gasteiger charge is 2.65. The van der Waals surface area contributed by atoms with E-state index in [9.17, 15) is 9.30 Å². The molecule has 0 amide bonds. The lowest BCUT2D eigenvalue weighted by Crippen LogP contribution is -2.19. The second-order valence-corrected chi connectivity index (χ2v) is 2.13. The van der Waals surface area contributed by atoms with Crippen LogP contribution in [0.5, 0.6) is 0 Å². The Balaban J connectivity index is 2.49. The molecule has 1 aliphatic rings. The van der Waals surface area contributed by atoms with Gasteiger partial charge in [-0.2, -0.15) is 4.91 Å². The van der Waals surface area contributed by atoms with Gasteiger partial charge in [-0.15, -0.1) is 0 Å². The lowest BCUT2D eigenvalue weighted by Gasteiger charge is -1.96. The molecule has 2 unspecified atom stereocenters. The van der Waals surface area contributed by atoms with Crippen LogP contribution in [0.2, 0.25) is 0 Å². The molecule has 4 nitrogen and oxygen atoms in total. The van der Waals surface area contributed by atoms with Gasteiger partial charge in [-0.25, -0.2) is 4.39 Å². The lowest BCUT2D eigenvalue weighted by atomic mass is 10.3. The summed E-state index contributed by atoms with van der Waals surface area (Å²) in [7, 11) is 0. The number of aliphatic hydroxyl groups is 2. The molecule has 1 rings (SSSR count). The van der Waals surface area contributed by atoms with Crippen molar-refractivity contribution in [2.24, 2.45) is 5.18 Å². The van der Waals surface area contributed by atoms with Crippen molar-refractivity contribution < 1.29 is 14.6 Å². The van der Waals surface area contributed by atoms with Crippen LogP contribution in [0.3, 0.4) is 0 Å². The third-order valence-corrected chi connectivity index (χ3v) is 1.48. The van der Waals surface area contributed by atoms with Gasteiger partial charge in [-0.1, -0.05) is 5.18 Å². The Morgan fingerprint density at radius 3 is 2.33 bits per heavy atom. The number of aliphatic hydroxyl groups excluding tert-OH is 1. The van der Waals surface area contributed by atoms with Crippen LogP contribution in [-0.2, 0) is 0 Å². The van der Waals surface area contributed by atoms with Gasteiger partial charge in [-0.3, -0.25) is 0 Å². The third-order valence-electron chi connectivity index (χ3n) is 1.48. The van der Waals surface area contributed by atoms with Crippen molar-refractivity contribution in [2.45, 2.75) is 17.9 Å². The van der Waals surface area contributed by atoms with Crippen molar-refractivity contribution in [3.63, 3.8) is 0 Å². The van der Waals surface area contributed by atoms with Crippen LogP contribution in [0.4, 0.5) is 4.39 Å². The molecule has 1 aliphatic carbocycles. The van der Waals surface area contributed by atoms with Crippen LogP contribution < -0.4 is 0 Å². The van der Waals surface area contributed by atoms with Crippen molar-refractivity contribution in [1.29, 1.82) is 0 Å². The number of hydrogen-bond donors (Lipinski definition) is 2. The Kier molecular flexibility index (Phi) is 1.25. The number of nitrogens with zero attached hydrogens (tertiary/aromatic N) is 1. The van der Waals surface area contributed by atoms with Gasteiger partial charge in [0.2, 0.25) is 0 Å². The Morgan fingerprint density at radius 1 is 1.78 bits per heavy atom. The average Bonchev–Trinajstić information content (AvgIpc) is 2.22. The predicted molar refractivity (Wildman–Crippen MR) is 26.5 cm³/mol. The quantitative estimate of drug-likeness (QED) is 0.487. The van der Waals surface area contributed by atoms with Gasteiger partial charge in [0, 0.05) is 0 Å². The van der Waals surface area contributed by atoms with E-state index in [1.807, 2.05) is 0 Å². The first kappa shape index (κ1) is 6.57. The van der Waals surface area contributed by atoms with E-state index in [4.69, 9.17) is 10.2 Å². The minimum atomic E-state index is -1.87. The highest BCUT2D eigenvalue weighted by atomic mass is 19.1. The molecule has 0 aliphatic heterocycles. The van der Waals surface area contributed by atoms with E-state index in [1.165, 1.54) is 0 Å². The first-order valence-corrected chi connectivity index (χ1v) is 2.46. The van der Waals surface area contributed by atoms with Crippen molar-refractivity contribution >= 4 is 0 Å². The summed E-state index contributed by atoms with van der Waals surface area (Å²) in [5.74, 6) is 0. The molecular formula is C4H6FNO3. The van der Waals surface area contributed by atoms with Crippen LogP contribution >= 0.6 is 0 Å². The smallest absolute Gasteiger partial charge is 0.162 e. The number of nitroso groups, excluding NO2 is 1. The molecular weight excluding hydrogens is 129 g/mol. The molecule has 0 radical (unpaired) electrons. The standard InChI is InChI=1S/C4H6FNO3/c5-2-3(7)4(2,8)1-6-9/h2-3,7-8H,1H2/t2?,3?,4-/m0/s1. The summed E-state index contributed by atoms with van der Waals surface area (Å²) in [5, 5.41) is 19.5. The van der Waals surface area contributed by atoms with Gasteiger partial charge >= 0.3 is 0 Å². The Hall–Kier alpha value is -0.550. The summed E-state index contributed by atoms with van der Waals surface area (Å²) in [4.78, 5) is 9.46. The molecule has 0 heterocycles. The average molecular weight is 135 g/mol. The summed E-state index contributed by atoms with van der Waals surface area (Å²) >= 11 is 0. The van der Waals surface area contributed by atoms with E-state index in [0.717, 1.165) is 0 Å². The highest BCUT2D eigenvalue weighted by molar-refractivity contribution is 5.16. The number of halogens is 1. The van der Waals surface area contributed by atoms with Crippen LogP contribution in [0.25, 0.3) is 0 Å². The predicted octanol–water partition coefficient (Wildman–Crippen LogP) is -0.803. The van der Waals surface area contributed by atoms with Crippen molar-refractivity contribution in [3.8, 4) is 0 Å². The summed E-state index contributed by atoms with van der Waals surface area (Å²) in [6.45, 7) is -0.574. The first-order chi connectivity index (χ1) is 4.13. The number of hydrogen-bond acceptors (Lipinski definition) is 4. The molecule has 0 aromatic rings. The van der Waals surface area contributed by atoms with Crippen LogP contribution in [0, 0.1) is 4.91 Å². The fraction of sp³-hybridized carbons (Fsp3) is 1.00. The summed E-state index contributed by atoms with van der Waals surface area (Å²) in [5.41, 5.74) is -1.87. The van der Waals surface area contributed by atoms with E-state index in [1.54, 1.807) is 0 Å². The molecule has 0 bridgehead atoms. The van der Waals surface area contributed by atoms with Gasteiger partial charge in [0.1, 0.15) is 18.2 Å². The monoisotopic (exact) mass is 135 g/mol. The molecule has 0 aromatic carbocycles. The maximum atomic E-state index is 12.0. The maximum Gasteiger partial charge on any atom is 0.162 e. The maximum absolute atomic E-state index is 12.0. The van der Waals surface area contributed by atoms with Gasteiger partial charge in [-0.05, 0) is 0 Å². The molecule has 2 N–H and O–H groups in total. The molecule has 5 heteroatoms. The van der Waals surface area contributed by atoms with Gasteiger partial charge in [0.25, 0.3) is 0 Å². The normalized spacial score (nSPS) is 48.8. The van der Waals surface area contributed by atoms with E-state index < -0.39 is 24.4 Å². The number of rotatable bonds is 2. The first-order valence-electron chi connectivity index (χ1n) is 2.46. The molecule has 0 spiro atoms. The fourth-order valence-corrected chi connectivity index (χ4v) is 0.647. The van der Waals surface area contributed by atoms with Crippen LogP contribution in [0.1, 0.15) is 0 Å². The SMILES string of the molecule is O=NC[C@@]1(O)C(O)C1F. The molecule has 0 aromatic heterocycles. The second-order valence-electron chi connectivity index (χ2n) is 2.13. The van der Waals surface area contributed by atoms with Crippen LogP contribution in [-0.4, -0.2) is 34.6 Å². The lowest BCUT2D eigenvalue weighted by molar-refractivity contribution is 0.0878. The van der Waals surface area contributed by atoms with E-state index in [2.05, 4.69) is 5.18 Å². The van der Waals surface area contributed by atoms with Crippen molar-refractivity contribution in [3.05, 3.63) is 4.91 Å². The minimum Gasteiger partial charge on any atom is -0.387 e. The zero-order valence-electron chi connectivity index (χ0n) is 4.49. The fourth-order valence-electron chi connectivity index (χ4n) is 0.647. The zero-order valence-corrected chi connectivity index (χ0v) is 4.49. The van der Waals surface area contributed by atoms with Gasteiger partial charge < -0.3 is 10.2 Å². The third kappa shape index (κ3) is 0.727. The van der Waals surface area contributed by atoms with Crippen molar-refractivity contribution in [1.82, 2.24) is 0 Å². The molecule has 9 heavy (non-hydrogen) atoms. The molecule has 3 atom stereocenters. The molecule has 52 valence electrons. The number of alkyl halides is 1. The Bertz CT molecular complexity index is 132. The minimum absolute atomic E-state index is 0.574. The zero-order chi connectivity index (χ0) is 7.07. The van der Waals surface area contributed by atoms with E-state index >= 15 is 0 Å². The largest absolute Gasteiger partial charge is 0.387 e. The van der Waals surface area contributed by atoms with E-state index in [0.29, 0.717) is 0 Å². The molecule has 1 saturated carbocycles. The highest BCUT2D eigenvalue weighted by Crippen LogP contribution is 2.39. The molecule has 1 fully saturated rings. The topological polar surface area (TPSA) is 69.9 Å². The van der Waals surface area contributed by atoms with Gasteiger partial charge in [0.05, 0.1) is 0 Å². The van der Waals surface area contributed by atoms with Crippen LogP contribution in [0.15, 0.2) is 5.18 Å². The van der Waals surface area contributed by atoms with E-state index in [-0.39, 0.29) is 0 Å². The van der Waals surface area contributed by atoms with Gasteiger partial charge in [0.15, 0.2) is 6.17 Å². The second kappa shape index (κ2) is 1.71. The molecule has 0 saturated heterocycles. The summed E-state index contributed by atoms with van der Waals surface area (Å²) < 4.78 is 12.0. The summed E-state index contributed by atoms with van der Waals surface area (Å²) in [6.07, 6.45) is -3.12. The Labute approximate surface area is 50.3 Å². The van der Waals surface area contributed by atoms with Crippen molar-refractivity contribution in [2.75, 3.05) is 6.54 Å². The summed E-state index contributed by atoms with van der Waals surface area (Å²) in [6, 6.07) is 0.